The van der Waals surface area contributed by atoms with Crippen LogP contribution in [0, 0.1) is 6.92 Å². The van der Waals surface area contributed by atoms with Gasteiger partial charge in [-0.05, 0) is 42.2 Å². The Morgan fingerprint density at radius 1 is 1.09 bits per heavy atom. The number of aryl methyl sites for hydroxylation is 1. The minimum Gasteiger partial charge on any atom is -0.369 e. The molecule has 1 aromatic heterocycles. The summed E-state index contributed by atoms with van der Waals surface area (Å²) in [5.74, 6) is 1.33. The summed E-state index contributed by atoms with van der Waals surface area (Å²) in [6.07, 6.45) is 0. The molecule has 2 nitrogen and oxygen atoms in total. The van der Waals surface area contributed by atoms with E-state index >= 15 is 0 Å². The third kappa shape index (κ3) is 3.23. The van der Waals surface area contributed by atoms with Gasteiger partial charge in [0.1, 0.15) is 5.82 Å². The van der Waals surface area contributed by atoms with Gasteiger partial charge in [0.25, 0.3) is 0 Å². The summed E-state index contributed by atoms with van der Waals surface area (Å²) in [5.41, 5.74) is 3.47. The lowest BCUT2D eigenvalue weighted by Crippen LogP contribution is -2.11. The molecule has 0 amide bonds. The molecule has 0 aliphatic carbocycles. The molecule has 0 bridgehead atoms. The zero-order valence-electron chi connectivity index (χ0n) is 12.8. The van der Waals surface area contributed by atoms with Crippen molar-refractivity contribution in [2.75, 3.05) is 11.9 Å². The van der Waals surface area contributed by atoms with Crippen LogP contribution in [0.3, 0.4) is 0 Å². The Labute approximate surface area is 136 Å². The third-order valence-corrected chi connectivity index (χ3v) is 4.17. The fourth-order valence-corrected chi connectivity index (χ4v) is 2.79. The van der Waals surface area contributed by atoms with Crippen molar-refractivity contribution in [1.82, 2.24) is 4.98 Å². The van der Waals surface area contributed by atoms with Crippen molar-refractivity contribution in [2.45, 2.75) is 19.8 Å². The largest absolute Gasteiger partial charge is 0.369 e. The van der Waals surface area contributed by atoms with E-state index in [9.17, 15) is 0 Å². The topological polar surface area (TPSA) is 24.9 Å². The van der Waals surface area contributed by atoms with Gasteiger partial charge in [0.15, 0.2) is 0 Å². The average Bonchev–Trinajstić information content (AvgIpc) is 2.53. The molecule has 1 atom stereocenters. The lowest BCUT2D eigenvalue weighted by atomic mass is 10.0. The summed E-state index contributed by atoms with van der Waals surface area (Å²) in [5, 5.41) is 5.30. The first-order valence-corrected chi connectivity index (χ1v) is 7.87. The fourth-order valence-electron chi connectivity index (χ4n) is 2.62. The van der Waals surface area contributed by atoms with Crippen molar-refractivity contribution in [3.05, 3.63) is 70.7 Å². The molecule has 3 heteroatoms. The number of hydrogen-bond acceptors (Lipinski definition) is 2. The zero-order chi connectivity index (χ0) is 15.5. The number of halogens is 1. The molecule has 2 aromatic carbocycles. The number of benzene rings is 2. The number of hydrogen-bond donors (Lipinski definition) is 1. The number of rotatable bonds is 4. The van der Waals surface area contributed by atoms with Gasteiger partial charge in [-0.15, -0.1) is 0 Å². The van der Waals surface area contributed by atoms with E-state index in [1.807, 2.05) is 24.3 Å². The van der Waals surface area contributed by atoms with Gasteiger partial charge >= 0.3 is 0 Å². The van der Waals surface area contributed by atoms with E-state index in [1.54, 1.807) is 0 Å². The van der Waals surface area contributed by atoms with Crippen molar-refractivity contribution in [3.63, 3.8) is 0 Å². The van der Waals surface area contributed by atoms with Gasteiger partial charge in [0.2, 0.25) is 0 Å². The number of aromatic nitrogens is 1. The maximum Gasteiger partial charge on any atom is 0.126 e. The Hall–Kier alpha value is -2.06. The highest BCUT2D eigenvalue weighted by molar-refractivity contribution is 6.31. The van der Waals surface area contributed by atoms with E-state index in [2.05, 4.69) is 54.5 Å². The fraction of sp³-hybridized carbons (Fsp3) is 0.211. The van der Waals surface area contributed by atoms with Gasteiger partial charge in [-0.2, -0.15) is 0 Å². The van der Waals surface area contributed by atoms with Crippen LogP contribution in [-0.4, -0.2) is 11.5 Å². The van der Waals surface area contributed by atoms with Crippen molar-refractivity contribution in [1.29, 1.82) is 0 Å². The molecule has 3 aromatic rings. The molecular formula is C19H19ClN2. The molecule has 0 radical (unpaired) electrons. The molecule has 0 saturated heterocycles. The number of pyridine rings is 1. The van der Waals surface area contributed by atoms with Crippen LogP contribution in [0.4, 0.5) is 5.82 Å². The third-order valence-electron chi connectivity index (χ3n) is 3.94. The van der Waals surface area contributed by atoms with E-state index in [0.29, 0.717) is 10.9 Å². The monoisotopic (exact) mass is 310 g/mol. The van der Waals surface area contributed by atoms with Crippen molar-refractivity contribution in [2.24, 2.45) is 0 Å². The Morgan fingerprint density at radius 2 is 1.86 bits per heavy atom. The highest BCUT2D eigenvalue weighted by Gasteiger charge is 2.07. The summed E-state index contributed by atoms with van der Waals surface area (Å²) < 4.78 is 0. The Kier molecular flexibility index (Phi) is 4.30. The second-order valence-corrected chi connectivity index (χ2v) is 6.11. The molecule has 0 aliphatic rings. The number of nitrogens with zero attached hydrogens (tertiary/aromatic N) is 1. The van der Waals surface area contributed by atoms with Gasteiger partial charge in [0, 0.05) is 17.0 Å². The number of anilines is 1. The average molecular weight is 311 g/mol. The van der Waals surface area contributed by atoms with Gasteiger partial charge in [0.05, 0.1) is 5.52 Å². The summed E-state index contributed by atoms with van der Waals surface area (Å²) in [6, 6.07) is 18.4. The Balaban J connectivity index is 1.79. The second kappa shape index (κ2) is 6.37. The van der Waals surface area contributed by atoms with E-state index in [-0.39, 0.29) is 0 Å². The van der Waals surface area contributed by atoms with E-state index < -0.39 is 0 Å². The van der Waals surface area contributed by atoms with Crippen LogP contribution in [0.25, 0.3) is 10.9 Å². The summed E-state index contributed by atoms with van der Waals surface area (Å²) >= 11 is 6.07. The normalized spacial score (nSPS) is 12.3. The van der Waals surface area contributed by atoms with Crippen LogP contribution in [0.15, 0.2) is 54.6 Å². The van der Waals surface area contributed by atoms with Crippen molar-refractivity contribution >= 4 is 28.3 Å². The molecule has 22 heavy (non-hydrogen) atoms. The van der Waals surface area contributed by atoms with Gasteiger partial charge in [-0.1, -0.05) is 54.9 Å². The minimum absolute atomic E-state index is 0.429. The summed E-state index contributed by atoms with van der Waals surface area (Å²) in [7, 11) is 0. The number of nitrogens with one attached hydrogen (secondary N) is 1. The van der Waals surface area contributed by atoms with Crippen molar-refractivity contribution < 1.29 is 0 Å². The van der Waals surface area contributed by atoms with E-state index in [4.69, 9.17) is 11.6 Å². The Morgan fingerprint density at radius 3 is 2.64 bits per heavy atom. The maximum absolute atomic E-state index is 6.07. The maximum atomic E-state index is 6.07. The van der Waals surface area contributed by atoms with Crippen LogP contribution < -0.4 is 5.32 Å². The highest BCUT2D eigenvalue weighted by Crippen LogP contribution is 2.24. The summed E-state index contributed by atoms with van der Waals surface area (Å²) in [6.45, 7) is 5.17. The zero-order valence-corrected chi connectivity index (χ0v) is 13.6. The lowest BCUT2D eigenvalue weighted by molar-refractivity contribution is 0.802. The van der Waals surface area contributed by atoms with Crippen molar-refractivity contribution in [3.8, 4) is 0 Å². The standard InChI is InChI=1S/C19H19ClN2/c1-13-10-19(22-18-11-16(20)8-9-17(13)18)21-12-14(2)15-6-4-3-5-7-15/h3-11,14H,12H2,1-2H3,(H,21,22)/t14-/m1/s1. The SMILES string of the molecule is Cc1cc(NC[C@@H](C)c2ccccc2)nc2cc(Cl)ccc12. The second-order valence-electron chi connectivity index (χ2n) is 5.68. The molecule has 1 heterocycles. The Bertz CT molecular complexity index is 784. The highest BCUT2D eigenvalue weighted by atomic mass is 35.5. The lowest BCUT2D eigenvalue weighted by Gasteiger charge is -2.14. The first-order chi connectivity index (χ1) is 10.6. The molecule has 0 spiro atoms. The molecule has 0 fully saturated rings. The predicted molar refractivity (Wildman–Crippen MR) is 94.8 cm³/mol. The van der Waals surface area contributed by atoms with Crippen LogP contribution in [0.1, 0.15) is 24.0 Å². The van der Waals surface area contributed by atoms with Gasteiger partial charge in [-0.25, -0.2) is 4.98 Å². The summed E-state index contributed by atoms with van der Waals surface area (Å²) in [4.78, 5) is 4.67. The minimum atomic E-state index is 0.429. The van der Waals surface area contributed by atoms with E-state index in [0.717, 1.165) is 23.3 Å². The molecule has 112 valence electrons. The molecule has 0 unspecified atom stereocenters. The van der Waals surface area contributed by atoms with Crippen LogP contribution in [0.2, 0.25) is 5.02 Å². The quantitative estimate of drug-likeness (QED) is 0.696. The molecule has 0 saturated carbocycles. The van der Waals surface area contributed by atoms with Crippen LogP contribution in [0.5, 0.6) is 0 Å². The van der Waals surface area contributed by atoms with Crippen LogP contribution in [-0.2, 0) is 0 Å². The molecule has 1 N–H and O–H groups in total. The predicted octanol–water partition coefficient (Wildman–Crippen LogP) is 5.41. The number of fused-ring (bicyclic) bond motifs is 1. The first-order valence-electron chi connectivity index (χ1n) is 7.49. The smallest absolute Gasteiger partial charge is 0.126 e. The van der Waals surface area contributed by atoms with Gasteiger partial charge < -0.3 is 5.32 Å². The first kappa shape index (κ1) is 14.9. The molecule has 0 aliphatic heterocycles. The van der Waals surface area contributed by atoms with E-state index in [1.165, 1.54) is 11.1 Å². The van der Waals surface area contributed by atoms with Crippen LogP contribution >= 0.6 is 11.6 Å². The van der Waals surface area contributed by atoms with Gasteiger partial charge in [-0.3, -0.25) is 0 Å². The molecular weight excluding hydrogens is 292 g/mol. The molecule has 3 rings (SSSR count).